The summed E-state index contributed by atoms with van der Waals surface area (Å²) in [6.45, 7) is 4.28. The summed E-state index contributed by atoms with van der Waals surface area (Å²) in [6.07, 6.45) is 6.60. The average molecular weight is 286 g/mol. The molecule has 2 N–H and O–H groups in total. The minimum atomic E-state index is 0.636. The molecule has 0 saturated heterocycles. The van der Waals surface area contributed by atoms with Crippen molar-refractivity contribution in [3.8, 4) is 11.3 Å². The summed E-state index contributed by atoms with van der Waals surface area (Å²) < 4.78 is 0. The molecule has 3 heteroatoms. The van der Waals surface area contributed by atoms with E-state index in [4.69, 9.17) is 10.7 Å². The Hall–Kier alpha value is -1.35. The molecule has 0 unspecified atom stereocenters. The summed E-state index contributed by atoms with van der Waals surface area (Å²) >= 11 is 1.69. The Bertz CT molecular complexity index is 609. The number of hydrogen-bond donors (Lipinski definition) is 1. The first-order chi connectivity index (χ1) is 9.65. The first-order valence-electron chi connectivity index (χ1n) is 7.49. The number of nitrogen functional groups attached to an aromatic ring is 1. The van der Waals surface area contributed by atoms with Crippen LogP contribution in [0.2, 0.25) is 0 Å². The lowest BCUT2D eigenvalue weighted by Crippen LogP contribution is -2.03. The maximum absolute atomic E-state index is 6.22. The molecule has 106 valence electrons. The van der Waals surface area contributed by atoms with Gasteiger partial charge in [-0.2, -0.15) is 0 Å². The Morgan fingerprint density at radius 3 is 2.55 bits per heavy atom. The molecule has 0 amide bonds. The molecule has 1 aromatic heterocycles. The van der Waals surface area contributed by atoms with Gasteiger partial charge in [-0.05, 0) is 43.9 Å². The topological polar surface area (TPSA) is 38.9 Å². The van der Waals surface area contributed by atoms with Crippen LogP contribution in [0.5, 0.6) is 0 Å². The highest BCUT2D eigenvalue weighted by atomic mass is 32.1. The van der Waals surface area contributed by atoms with E-state index < -0.39 is 0 Å². The zero-order valence-corrected chi connectivity index (χ0v) is 13.1. The molecule has 20 heavy (non-hydrogen) atoms. The lowest BCUT2D eigenvalue weighted by Gasteiger charge is -2.18. The van der Waals surface area contributed by atoms with Crippen LogP contribution < -0.4 is 5.73 Å². The Morgan fingerprint density at radius 1 is 1.10 bits per heavy atom. The van der Waals surface area contributed by atoms with Crippen molar-refractivity contribution in [3.05, 3.63) is 34.3 Å². The summed E-state index contributed by atoms with van der Waals surface area (Å²) in [6, 6.07) is 6.49. The van der Waals surface area contributed by atoms with Crippen molar-refractivity contribution >= 4 is 16.3 Å². The lowest BCUT2D eigenvalue weighted by atomic mass is 9.90. The summed E-state index contributed by atoms with van der Waals surface area (Å²) in [5.74, 6) is 0.636. The third-order valence-corrected chi connectivity index (χ3v) is 5.45. The SMILES string of the molecule is Cc1ccc(-c2nc(C3CCCCC3)sc2N)cc1C. The Labute approximate surface area is 125 Å². The summed E-state index contributed by atoms with van der Waals surface area (Å²) in [5.41, 5.74) is 11.0. The highest BCUT2D eigenvalue weighted by molar-refractivity contribution is 7.16. The Morgan fingerprint density at radius 2 is 1.85 bits per heavy atom. The maximum atomic E-state index is 6.22. The number of hydrogen-bond acceptors (Lipinski definition) is 3. The van der Waals surface area contributed by atoms with E-state index in [1.165, 1.54) is 48.2 Å². The van der Waals surface area contributed by atoms with Crippen LogP contribution in [0.3, 0.4) is 0 Å². The van der Waals surface area contributed by atoms with Crippen LogP contribution in [0.25, 0.3) is 11.3 Å². The van der Waals surface area contributed by atoms with E-state index in [1.54, 1.807) is 11.3 Å². The molecule has 3 rings (SSSR count). The molecule has 0 bridgehead atoms. The molecule has 1 aromatic carbocycles. The number of anilines is 1. The number of nitrogens with two attached hydrogens (primary N) is 1. The molecule has 2 nitrogen and oxygen atoms in total. The van der Waals surface area contributed by atoms with Crippen molar-refractivity contribution in [1.29, 1.82) is 0 Å². The normalized spacial score (nSPS) is 16.5. The number of nitrogens with zero attached hydrogens (tertiary/aromatic N) is 1. The smallest absolute Gasteiger partial charge is 0.114 e. The fraction of sp³-hybridized carbons (Fsp3) is 0.471. The first-order valence-corrected chi connectivity index (χ1v) is 8.30. The van der Waals surface area contributed by atoms with Gasteiger partial charge in [0.2, 0.25) is 0 Å². The van der Waals surface area contributed by atoms with Crippen LogP contribution in [-0.4, -0.2) is 4.98 Å². The van der Waals surface area contributed by atoms with Gasteiger partial charge in [-0.25, -0.2) is 4.98 Å². The molecule has 1 heterocycles. The third-order valence-electron chi connectivity index (χ3n) is 4.40. The Kier molecular flexibility index (Phi) is 3.79. The zero-order chi connectivity index (χ0) is 14.1. The van der Waals surface area contributed by atoms with E-state index >= 15 is 0 Å². The van der Waals surface area contributed by atoms with Gasteiger partial charge in [0.05, 0.1) is 5.01 Å². The second kappa shape index (κ2) is 5.57. The van der Waals surface area contributed by atoms with Crippen molar-refractivity contribution in [2.75, 3.05) is 5.73 Å². The second-order valence-electron chi connectivity index (χ2n) is 5.90. The van der Waals surface area contributed by atoms with Crippen molar-refractivity contribution in [2.24, 2.45) is 0 Å². The van der Waals surface area contributed by atoms with E-state index in [0.717, 1.165) is 16.3 Å². The molecular weight excluding hydrogens is 264 g/mol. The van der Waals surface area contributed by atoms with Crippen molar-refractivity contribution in [1.82, 2.24) is 4.98 Å². The monoisotopic (exact) mass is 286 g/mol. The lowest BCUT2D eigenvalue weighted by molar-refractivity contribution is 0.442. The molecule has 2 aromatic rings. The minimum Gasteiger partial charge on any atom is -0.389 e. The summed E-state index contributed by atoms with van der Waals surface area (Å²) in [5, 5.41) is 2.12. The van der Waals surface area contributed by atoms with Gasteiger partial charge in [-0.1, -0.05) is 31.4 Å². The van der Waals surface area contributed by atoms with E-state index in [0.29, 0.717) is 5.92 Å². The van der Waals surface area contributed by atoms with Gasteiger partial charge in [0.1, 0.15) is 10.7 Å². The predicted octanol–water partition coefficient (Wildman–Crippen LogP) is 5.06. The van der Waals surface area contributed by atoms with E-state index in [-0.39, 0.29) is 0 Å². The van der Waals surface area contributed by atoms with Crippen molar-refractivity contribution in [2.45, 2.75) is 51.9 Å². The maximum Gasteiger partial charge on any atom is 0.114 e. The quantitative estimate of drug-likeness (QED) is 0.838. The zero-order valence-electron chi connectivity index (χ0n) is 12.3. The van der Waals surface area contributed by atoms with Gasteiger partial charge in [-0.15, -0.1) is 11.3 Å². The fourth-order valence-electron chi connectivity index (χ4n) is 2.97. The molecule has 1 saturated carbocycles. The van der Waals surface area contributed by atoms with Gasteiger partial charge < -0.3 is 5.73 Å². The van der Waals surface area contributed by atoms with E-state index in [1.807, 2.05) is 0 Å². The first kappa shape index (κ1) is 13.6. The number of aryl methyl sites for hydroxylation is 2. The number of benzene rings is 1. The molecule has 1 aliphatic carbocycles. The largest absolute Gasteiger partial charge is 0.389 e. The van der Waals surface area contributed by atoms with Crippen LogP contribution in [0.1, 0.15) is 54.2 Å². The summed E-state index contributed by atoms with van der Waals surface area (Å²) in [4.78, 5) is 4.87. The van der Waals surface area contributed by atoms with Crippen LogP contribution in [-0.2, 0) is 0 Å². The van der Waals surface area contributed by atoms with Crippen LogP contribution in [0, 0.1) is 13.8 Å². The minimum absolute atomic E-state index is 0.636. The highest BCUT2D eigenvalue weighted by Gasteiger charge is 2.21. The molecule has 0 atom stereocenters. The standard InChI is InChI=1S/C17H22N2S/c1-11-8-9-14(10-12(11)2)15-16(18)20-17(19-15)13-6-4-3-5-7-13/h8-10,13H,3-7,18H2,1-2H3. The average Bonchev–Trinajstić information content (AvgIpc) is 2.85. The highest BCUT2D eigenvalue weighted by Crippen LogP contribution is 2.39. The second-order valence-corrected chi connectivity index (χ2v) is 6.96. The van der Waals surface area contributed by atoms with Gasteiger partial charge >= 0.3 is 0 Å². The number of aromatic nitrogens is 1. The fourth-order valence-corrected chi connectivity index (χ4v) is 3.99. The van der Waals surface area contributed by atoms with E-state index in [2.05, 4.69) is 32.0 Å². The summed E-state index contributed by atoms with van der Waals surface area (Å²) in [7, 11) is 0. The molecule has 1 aliphatic rings. The van der Waals surface area contributed by atoms with Gasteiger partial charge in [0.15, 0.2) is 0 Å². The van der Waals surface area contributed by atoms with Crippen LogP contribution >= 0.6 is 11.3 Å². The van der Waals surface area contributed by atoms with Crippen LogP contribution in [0.15, 0.2) is 18.2 Å². The van der Waals surface area contributed by atoms with Crippen molar-refractivity contribution in [3.63, 3.8) is 0 Å². The number of rotatable bonds is 2. The van der Waals surface area contributed by atoms with Gasteiger partial charge in [-0.3, -0.25) is 0 Å². The molecule has 0 aliphatic heterocycles. The molecule has 0 radical (unpaired) electrons. The van der Waals surface area contributed by atoms with Gasteiger partial charge in [0, 0.05) is 11.5 Å². The predicted molar refractivity (Wildman–Crippen MR) is 87.3 cm³/mol. The Balaban J connectivity index is 1.93. The van der Waals surface area contributed by atoms with Crippen molar-refractivity contribution < 1.29 is 0 Å². The molecule has 1 fully saturated rings. The molecular formula is C17H22N2S. The third kappa shape index (κ3) is 2.59. The molecule has 0 spiro atoms. The van der Waals surface area contributed by atoms with E-state index in [9.17, 15) is 0 Å². The van der Waals surface area contributed by atoms with Crippen LogP contribution in [0.4, 0.5) is 5.00 Å². The number of thiazole rings is 1. The van der Waals surface area contributed by atoms with Gasteiger partial charge in [0.25, 0.3) is 0 Å².